The Morgan fingerprint density at radius 1 is 1.28 bits per heavy atom. The lowest BCUT2D eigenvalue weighted by Crippen LogP contribution is -2.25. The lowest BCUT2D eigenvalue weighted by Gasteiger charge is -2.15. The molecule has 0 aliphatic rings. The SMILES string of the molecule is CCn1ncc(-c2cc(C(F)(F)F)nc3sc(C(N)=O)c(NC(=O)C(C)n4cc(Cl)c(C)n4)c23)c1C. The van der Waals surface area contributed by atoms with E-state index in [9.17, 15) is 22.8 Å². The van der Waals surface area contributed by atoms with Gasteiger partial charge in [-0.2, -0.15) is 23.4 Å². The van der Waals surface area contributed by atoms with Crippen LogP contribution in [0.1, 0.15) is 46.6 Å². The van der Waals surface area contributed by atoms with E-state index in [1.54, 1.807) is 25.5 Å². The number of nitrogens with zero attached hydrogens (tertiary/aromatic N) is 5. The molecule has 3 N–H and O–H groups in total. The van der Waals surface area contributed by atoms with Gasteiger partial charge in [-0.15, -0.1) is 11.3 Å². The molecule has 9 nitrogen and oxygen atoms in total. The molecule has 4 rings (SSSR count). The van der Waals surface area contributed by atoms with E-state index in [1.165, 1.54) is 17.1 Å². The van der Waals surface area contributed by atoms with Crippen LogP contribution in [0.2, 0.25) is 5.02 Å². The minimum Gasteiger partial charge on any atom is -0.365 e. The number of halogens is 4. The highest BCUT2D eigenvalue weighted by molar-refractivity contribution is 7.21. The number of hydrogen-bond acceptors (Lipinski definition) is 6. The van der Waals surface area contributed by atoms with Crippen LogP contribution in [0, 0.1) is 13.8 Å². The Labute approximate surface area is 212 Å². The fraction of sp³-hybridized carbons (Fsp3) is 0.318. The Morgan fingerprint density at radius 3 is 2.50 bits per heavy atom. The van der Waals surface area contributed by atoms with Crippen molar-refractivity contribution in [2.24, 2.45) is 5.73 Å². The zero-order chi connectivity index (χ0) is 26.5. The van der Waals surface area contributed by atoms with Gasteiger partial charge in [0.1, 0.15) is 21.4 Å². The van der Waals surface area contributed by atoms with Crippen LogP contribution in [0.3, 0.4) is 0 Å². The molecular weight excluding hydrogens is 519 g/mol. The average Bonchev–Trinajstić information content (AvgIpc) is 3.47. The number of primary amides is 1. The molecule has 1 unspecified atom stereocenters. The lowest BCUT2D eigenvalue weighted by molar-refractivity contribution is -0.140. The van der Waals surface area contributed by atoms with Crippen molar-refractivity contribution in [2.45, 2.75) is 46.5 Å². The van der Waals surface area contributed by atoms with E-state index in [1.807, 2.05) is 6.92 Å². The summed E-state index contributed by atoms with van der Waals surface area (Å²) < 4.78 is 44.2. The number of carbonyl (C=O) groups excluding carboxylic acids is 2. The maximum Gasteiger partial charge on any atom is 0.433 e. The second-order valence-electron chi connectivity index (χ2n) is 8.07. The van der Waals surface area contributed by atoms with Crippen molar-refractivity contribution in [2.75, 3.05) is 5.32 Å². The van der Waals surface area contributed by atoms with Crippen molar-refractivity contribution in [1.82, 2.24) is 24.5 Å². The number of hydrogen-bond donors (Lipinski definition) is 2. The van der Waals surface area contributed by atoms with E-state index in [4.69, 9.17) is 17.3 Å². The van der Waals surface area contributed by atoms with Gasteiger partial charge in [0.15, 0.2) is 0 Å². The molecule has 4 aromatic heterocycles. The monoisotopic (exact) mass is 539 g/mol. The van der Waals surface area contributed by atoms with Crippen LogP contribution in [0.5, 0.6) is 0 Å². The molecule has 0 saturated carbocycles. The molecular formula is C22H21ClF3N7O2S. The molecule has 0 bridgehead atoms. The number of alkyl halides is 3. The lowest BCUT2D eigenvalue weighted by atomic mass is 10.0. The summed E-state index contributed by atoms with van der Waals surface area (Å²) in [6.07, 6.45) is -1.82. The Balaban J connectivity index is 1.94. The highest BCUT2D eigenvalue weighted by Gasteiger charge is 2.35. The van der Waals surface area contributed by atoms with Crippen molar-refractivity contribution in [3.05, 3.63) is 45.4 Å². The number of aromatic nitrogens is 5. The maximum atomic E-state index is 13.7. The van der Waals surface area contributed by atoms with Crippen LogP contribution in [-0.2, 0) is 17.5 Å². The van der Waals surface area contributed by atoms with E-state index in [-0.39, 0.29) is 26.3 Å². The molecule has 0 spiro atoms. The van der Waals surface area contributed by atoms with Gasteiger partial charge in [0.25, 0.3) is 5.91 Å². The van der Waals surface area contributed by atoms with Crippen LogP contribution >= 0.6 is 22.9 Å². The van der Waals surface area contributed by atoms with Gasteiger partial charge in [0.2, 0.25) is 5.91 Å². The third-order valence-electron chi connectivity index (χ3n) is 5.75. The largest absolute Gasteiger partial charge is 0.433 e. The fourth-order valence-electron chi connectivity index (χ4n) is 3.78. The zero-order valence-corrected chi connectivity index (χ0v) is 21.1. The average molecular weight is 540 g/mol. The van der Waals surface area contributed by atoms with Crippen molar-refractivity contribution in [3.63, 3.8) is 0 Å². The minimum absolute atomic E-state index is 0.0193. The number of carbonyl (C=O) groups is 2. The third-order valence-corrected chi connectivity index (χ3v) is 7.22. The van der Waals surface area contributed by atoms with Crippen molar-refractivity contribution in [1.29, 1.82) is 0 Å². The minimum atomic E-state index is -4.75. The summed E-state index contributed by atoms with van der Waals surface area (Å²) in [4.78, 5) is 29.0. The Kier molecular flexibility index (Phi) is 6.56. The molecule has 4 aromatic rings. The van der Waals surface area contributed by atoms with Crippen molar-refractivity contribution < 1.29 is 22.8 Å². The van der Waals surface area contributed by atoms with Crippen LogP contribution in [-0.4, -0.2) is 36.4 Å². The fourth-order valence-corrected chi connectivity index (χ4v) is 4.93. The summed E-state index contributed by atoms with van der Waals surface area (Å²) in [5, 5.41) is 11.6. The Morgan fingerprint density at radius 2 is 1.97 bits per heavy atom. The van der Waals surface area contributed by atoms with Gasteiger partial charge in [0.05, 0.1) is 22.6 Å². The van der Waals surface area contributed by atoms with Gasteiger partial charge in [-0.05, 0) is 39.3 Å². The first-order chi connectivity index (χ1) is 16.8. The van der Waals surface area contributed by atoms with Crippen LogP contribution < -0.4 is 11.1 Å². The van der Waals surface area contributed by atoms with Gasteiger partial charge in [-0.25, -0.2) is 4.98 Å². The first kappa shape index (κ1) is 25.6. The third kappa shape index (κ3) is 4.44. The molecule has 0 aliphatic carbocycles. The van der Waals surface area contributed by atoms with Gasteiger partial charge in [-0.1, -0.05) is 11.6 Å². The second kappa shape index (κ2) is 9.21. The summed E-state index contributed by atoms with van der Waals surface area (Å²) >= 11 is 6.73. The molecule has 4 heterocycles. The number of amides is 2. The molecule has 0 fully saturated rings. The number of fused-ring (bicyclic) bond motifs is 1. The predicted octanol–water partition coefficient (Wildman–Crippen LogP) is 4.96. The quantitative estimate of drug-likeness (QED) is 0.358. The second-order valence-corrected chi connectivity index (χ2v) is 9.48. The summed E-state index contributed by atoms with van der Waals surface area (Å²) in [7, 11) is 0. The number of pyridine rings is 1. The van der Waals surface area contributed by atoms with E-state index >= 15 is 0 Å². The molecule has 36 heavy (non-hydrogen) atoms. The summed E-state index contributed by atoms with van der Waals surface area (Å²) in [5.74, 6) is -1.50. The normalized spacial score (nSPS) is 12.8. The first-order valence-corrected chi connectivity index (χ1v) is 11.9. The van der Waals surface area contributed by atoms with E-state index in [2.05, 4.69) is 20.5 Å². The van der Waals surface area contributed by atoms with Gasteiger partial charge in [-0.3, -0.25) is 19.0 Å². The van der Waals surface area contributed by atoms with Crippen LogP contribution in [0.4, 0.5) is 18.9 Å². The molecule has 2 amide bonds. The standard InChI is InChI=1S/C22H21ClF3N7O2S/c1-5-32-10(3)13(7-28-32)12-6-15(22(24,25)26)29-21-16(12)17(18(36-21)19(27)34)30-20(35)11(4)33-8-14(23)9(2)31-33/h6-8,11H,5H2,1-4H3,(H2,27,34)(H,30,35). The smallest absolute Gasteiger partial charge is 0.365 e. The van der Waals surface area contributed by atoms with Gasteiger partial charge < -0.3 is 11.1 Å². The summed E-state index contributed by atoms with van der Waals surface area (Å²) in [5.41, 5.74) is 6.04. The number of thiophene rings is 1. The Hall–Kier alpha value is -3.45. The molecule has 0 aromatic carbocycles. The highest BCUT2D eigenvalue weighted by atomic mass is 35.5. The topological polar surface area (TPSA) is 121 Å². The number of anilines is 1. The first-order valence-electron chi connectivity index (χ1n) is 10.7. The number of aryl methyl sites for hydroxylation is 2. The Bertz CT molecular complexity index is 1490. The molecule has 190 valence electrons. The predicted molar refractivity (Wildman–Crippen MR) is 130 cm³/mol. The van der Waals surface area contributed by atoms with Gasteiger partial charge in [0, 0.05) is 29.4 Å². The molecule has 1 atom stereocenters. The highest BCUT2D eigenvalue weighted by Crippen LogP contribution is 2.44. The maximum absolute atomic E-state index is 13.7. The number of rotatable bonds is 6. The summed E-state index contributed by atoms with van der Waals surface area (Å²) in [6, 6.07) is 0.0295. The van der Waals surface area contributed by atoms with Crippen molar-refractivity contribution >= 4 is 50.7 Å². The summed E-state index contributed by atoms with van der Waals surface area (Å²) in [6.45, 7) is 7.30. The number of nitrogens with two attached hydrogens (primary N) is 1. The van der Waals surface area contributed by atoms with Gasteiger partial charge >= 0.3 is 6.18 Å². The molecule has 0 radical (unpaired) electrons. The number of nitrogens with one attached hydrogen (secondary N) is 1. The van der Waals surface area contributed by atoms with Crippen LogP contribution in [0.25, 0.3) is 21.3 Å². The molecule has 14 heteroatoms. The zero-order valence-electron chi connectivity index (χ0n) is 19.6. The molecule has 0 saturated heterocycles. The van der Waals surface area contributed by atoms with E-state index in [0.717, 1.165) is 6.07 Å². The van der Waals surface area contributed by atoms with E-state index < -0.39 is 29.7 Å². The molecule has 0 aliphatic heterocycles. The van der Waals surface area contributed by atoms with E-state index in [0.29, 0.717) is 39.9 Å². The van der Waals surface area contributed by atoms with Crippen LogP contribution in [0.15, 0.2) is 18.5 Å². The van der Waals surface area contributed by atoms with Crippen molar-refractivity contribution in [3.8, 4) is 11.1 Å².